The van der Waals surface area contributed by atoms with Crippen LogP contribution in [0, 0.1) is 5.92 Å². The molecule has 23 heavy (non-hydrogen) atoms. The van der Waals surface area contributed by atoms with Gasteiger partial charge >= 0.3 is 0 Å². The molecule has 0 radical (unpaired) electrons. The van der Waals surface area contributed by atoms with Gasteiger partial charge in [0.05, 0.1) is 5.69 Å². The first-order valence-electron chi connectivity index (χ1n) is 8.45. The molecule has 1 N–H and O–H groups in total. The smallest absolute Gasteiger partial charge is 0.265 e. The van der Waals surface area contributed by atoms with Gasteiger partial charge < -0.3 is 15.0 Å². The summed E-state index contributed by atoms with van der Waals surface area (Å²) in [7, 11) is 0. The largest absolute Gasteiger partial charge is 0.482 e. The second kappa shape index (κ2) is 7.02. The zero-order valence-electron chi connectivity index (χ0n) is 13.6. The maximum atomic E-state index is 12.2. The Morgan fingerprint density at radius 1 is 1.26 bits per heavy atom. The van der Waals surface area contributed by atoms with E-state index in [4.69, 9.17) is 4.74 Å². The van der Waals surface area contributed by atoms with E-state index in [0.717, 1.165) is 24.4 Å². The first kappa shape index (κ1) is 15.8. The Bertz CT molecular complexity index is 579. The number of carbonyl (C=O) groups is 2. The number of nitrogens with one attached hydrogen (secondary N) is 1. The van der Waals surface area contributed by atoms with Crippen molar-refractivity contribution in [2.45, 2.75) is 45.1 Å². The van der Waals surface area contributed by atoms with Crippen molar-refractivity contribution in [1.29, 1.82) is 0 Å². The first-order valence-corrected chi connectivity index (χ1v) is 8.45. The van der Waals surface area contributed by atoms with Crippen LogP contribution in [0.1, 0.15) is 39.0 Å². The standard InChI is InChI=1S/C18H24N2O3/c1-13-6-8-14(9-7-13)19-17(21)10-11-20-15-4-2-3-5-16(15)23-12-18(20)22/h2-5,13-14H,6-12H2,1H3,(H,19,21). The van der Waals surface area contributed by atoms with Crippen LogP contribution in [0.25, 0.3) is 0 Å². The van der Waals surface area contributed by atoms with Gasteiger partial charge in [0, 0.05) is 19.0 Å². The molecule has 0 aromatic heterocycles. The van der Waals surface area contributed by atoms with Crippen LogP contribution in [0.3, 0.4) is 0 Å². The van der Waals surface area contributed by atoms with E-state index in [1.54, 1.807) is 4.90 Å². The monoisotopic (exact) mass is 316 g/mol. The number of hydrogen-bond acceptors (Lipinski definition) is 3. The maximum absolute atomic E-state index is 12.2. The van der Waals surface area contributed by atoms with Gasteiger partial charge in [-0.2, -0.15) is 0 Å². The van der Waals surface area contributed by atoms with Crippen molar-refractivity contribution in [2.24, 2.45) is 5.92 Å². The minimum atomic E-state index is -0.0945. The zero-order valence-corrected chi connectivity index (χ0v) is 13.6. The quantitative estimate of drug-likeness (QED) is 0.928. The Morgan fingerprint density at radius 3 is 2.78 bits per heavy atom. The predicted molar refractivity (Wildman–Crippen MR) is 88.5 cm³/mol. The van der Waals surface area contributed by atoms with Crippen molar-refractivity contribution in [2.75, 3.05) is 18.1 Å². The molecule has 0 bridgehead atoms. The molecule has 124 valence electrons. The van der Waals surface area contributed by atoms with Crippen LogP contribution in [-0.4, -0.2) is 31.0 Å². The number of para-hydroxylation sites is 2. The number of hydrogen-bond donors (Lipinski definition) is 1. The molecular formula is C18H24N2O3. The molecule has 1 aromatic rings. The van der Waals surface area contributed by atoms with Gasteiger partial charge in [0.1, 0.15) is 5.75 Å². The van der Waals surface area contributed by atoms with Crippen molar-refractivity contribution < 1.29 is 14.3 Å². The van der Waals surface area contributed by atoms with Crippen molar-refractivity contribution in [3.63, 3.8) is 0 Å². The lowest BCUT2D eigenvalue weighted by Gasteiger charge is -2.30. The predicted octanol–water partition coefficient (Wildman–Crippen LogP) is 2.50. The lowest BCUT2D eigenvalue weighted by molar-refractivity contribution is -0.122. The van der Waals surface area contributed by atoms with Crippen LogP contribution in [0.15, 0.2) is 24.3 Å². The van der Waals surface area contributed by atoms with Gasteiger partial charge in [-0.3, -0.25) is 9.59 Å². The number of rotatable bonds is 4. The van der Waals surface area contributed by atoms with E-state index < -0.39 is 0 Å². The summed E-state index contributed by atoms with van der Waals surface area (Å²) >= 11 is 0. The normalized spacial score (nSPS) is 23.9. The molecule has 2 aliphatic rings. The number of fused-ring (bicyclic) bond motifs is 1. The third-order valence-corrected chi connectivity index (χ3v) is 4.75. The molecule has 0 atom stereocenters. The fourth-order valence-corrected chi connectivity index (χ4v) is 3.32. The van der Waals surface area contributed by atoms with E-state index in [0.29, 0.717) is 24.8 Å². The van der Waals surface area contributed by atoms with Crippen LogP contribution in [0.5, 0.6) is 5.75 Å². The third-order valence-electron chi connectivity index (χ3n) is 4.75. The lowest BCUT2D eigenvalue weighted by Crippen LogP contribution is -2.43. The summed E-state index contributed by atoms with van der Waals surface area (Å²) < 4.78 is 5.41. The summed E-state index contributed by atoms with van der Waals surface area (Å²) in [6.07, 6.45) is 4.81. The lowest BCUT2D eigenvalue weighted by atomic mass is 9.87. The van der Waals surface area contributed by atoms with Crippen LogP contribution >= 0.6 is 0 Å². The summed E-state index contributed by atoms with van der Waals surface area (Å²) in [4.78, 5) is 25.9. The van der Waals surface area contributed by atoms with E-state index >= 15 is 0 Å². The van der Waals surface area contributed by atoms with Gasteiger partial charge in [0.25, 0.3) is 5.91 Å². The topological polar surface area (TPSA) is 58.6 Å². The van der Waals surface area contributed by atoms with Crippen LogP contribution in [0.2, 0.25) is 0 Å². The Hall–Kier alpha value is -2.04. The maximum Gasteiger partial charge on any atom is 0.265 e. The molecule has 1 saturated carbocycles. The molecule has 2 amide bonds. The molecule has 0 saturated heterocycles. The van der Waals surface area contributed by atoms with Crippen LogP contribution < -0.4 is 15.0 Å². The summed E-state index contributed by atoms with van der Waals surface area (Å²) in [5, 5.41) is 3.11. The number of benzene rings is 1. The van der Waals surface area contributed by atoms with Crippen molar-refractivity contribution in [3.8, 4) is 5.75 Å². The fourth-order valence-electron chi connectivity index (χ4n) is 3.32. The van der Waals surface area contributed by atoms with Gasteiger partial charge in [-0.15, -0.1) is 0 Å². The zero-order chi connectivity index (χ0) is 16.2. The number of carbonyl (C=O) groups excluding carboxylic acids is 2. The molecule has 0 spiro atoms. The minimum Gasteiger partial charge on any atom is -0.482 e. The fraction of sp³-hybridized carbons (Fsp3) is 0.556. The highest BCUT2D eigenvalue weighted by molar-refractivity contribution is 5.98. The number of ether oxygens (including phenoxy) is 1. The summed E-state index contributed by atoms with van der Waals surface area (Å²) in [5.74, 6) is 1.41. The molecule has 1 aliphatic heterocycles. The number of nitrogens with zero attached hydrogens (tertiary/aromatic N) is 1. The van der Waals surface area contributed by atoms with Gasteiger partial charge in [0.2, 0.25) is 5.91 Å². The van der Waals surface area contributed by atoms with E-state index in [-0.39, 0.29) is 18.4 Å². The van der Waals surface area contributed by atoms with Crippen molar-refractivity contribution >= 4 is 17.5 Å². The molecule has 3 rings (SSSR count). The van der Waals surface area contributed by atoms with Crippen LogP contribution in [0.4, 0.5) is 5.69 Å². The molecule has 1 fully saturated rings. The highest BCUT2D eigenvalue weighted by atomic mass is 16.5. The Morgan fingerprint density at radius 2 is 2.00 bits per heavy atom. The van der Waals surface area contributed by atoms with Gasteiger partial charge in [-0.05, 0) is 43.7 Å². The first-order chi connectivity index (χ1) is 11.1. The van der Waals surface area contributed by atoms with Crippen LogP contribution in [-0.2, 0) is 9.59 Å². The summed E-state index contributed by atoms with van der Waals surface area (Å²) in [6, 6.07) is 7.75. The molecule has 1 heterocycles. The molecule has 5 nitrogen and oxygen atoms in total. The SMILES string of the molecule is CC1CCC(NC(=O)CCN2C(=O)COc3ccccc32)CC1. The molecule has 1 aliphatic carbocycles. The van der Waals surface area contributed by atoms with E-state index in [1.807, 2.05) is 24.3 Å². The number of anilines is 1. The van der Waals surface area contributed by atoms with Gasteiger partial charge in [-0.1, -0.05) is 19.1 Å². The average Bonchev–Trinajstić information content (AvgIpc) is 2.56. The molecule has 0 unspecified atom stereocenters. The van der Waals surface area contributed by atoms with E-state index in [2.05, 4.69) is 12.2 Å². The Kier molecular flexibility index (Phi) is 4.84. The summed E-state index contributed by atoms with van der Waals surface area (Å²) in [5.41, 5.74) is 0.753. The van der Waals surface area contributed by atoms with Gasteiger partial charge in [-0.25, -0.2) is 0 Å². The second-order valence-electron chi connectivity index (χ2n) is 6.58. The van der Waals surface area contributed by atoms with Crippen molar-refractivity contribution in [3.05, 3.63) is 24.3 Å². The Labute approximate surface area is 137 Å². The average molecular weight is 316 g/mol. The van der Waals surface area contributed by atoms with Crippen molar-refractivity contribution in [1.82, 2.24) is 5.32 Å². The minimum absolute atomic E-state index is 0.0290. The second-order valence-corrected chi connectivity index (χ2v) is 6.58. The molecular weight excluding hydrogens is 292 g/mol. The highest BCUT2D eigenvalue weighted by Crippen LogP contribution is 2.31. The number of amides is 2. The summed E-state index contributed by atoms with van der Waals surface area (Å²) in [6.45, 7) is 2.70. The third kappa shape index (κ3) is 3.84. The molecule has 5 heteroatoms. The molecule has 1 aromatic carbocycles. The highest BCUT2D eigenvalue weighted by Gasteiger charge is 2.26. The van der Waals surface area contributed by atoms with E-state index in [9.17, 15) is 9.59 Å². The Balaban J connectivity index is 1.53. The van der Waals surface area contributed by atoms with E-state index in [1.165, 1.54) is 12.8 Å². The van der Waals surface area contributed by atoms with Gasteiger partial charge in [0.15, 0.2) is 6.61 Å².